The van der Waals surface area contributed by atoms with Crippen molar-refractivity contribution in [3.8, 4) is 0 Å². The average Bonchev–Trinajstić information content (AvgIpc) is 2.95. The van der Waals surface area contributed by atoms with Crippen molar-refractivity contribution in [3.63, 3.8) is 0 Å². The van der Waals surface area contributed by atoms with Gasteiger partial charge in [0.2, 0.25) is 5.91 Å². The Morgan fingerprint density at radius 3 is 1.97 bits per heavy atom. The largest absolute Gasteiger partial charge is 0.396 e. The molecule has 0 aliphatic carbocycles. The summed E-state index contributed by atoms with van der Waals surface area (Å²) in [6.45, 7) is 1.84. The number of amides is 1. The van der Waals surface area contributed by atoms with E-state index in [-0.39, 0.29) is 30.4 Å². The SMILES string of the molecule is O=C(NC(/C=C/C(CO)Cc1ccc2ccccc2c1)Cc1ccc2ccccc2c1)C1CCNCC1. The first kappa shape index (κ1) is 25.2. The summed E-state index contributed by atoms with van der Waals surface area (Å²) in [5.74, 6) is 0.169. The van der Waals surface area contributed by atoms with E-state index in [9.17, 15) is 9.90 Å². The molecule has 190 valence electrons. The maximum atomic E-state index is 13.1. The normalized spacial score (nSPS) is 16.2. The van der Waals surface area contributed by atoms with Crippen molar-refractivity contribution < 1.29 is 9.90 Å². The lowest BCUT2D eigenvalue weighted by molar-refractivity contribution is -0.126. The summed E-state index contributed by atoms with van der Waals surface area (Å²) in [7, 11) is 0. The molecule has 0 radical (unpaired) electrons. The maximum Gasteiger partial charge on any atom is 0.223 e. The van der Waals surface area contributed by atoms with Gasteiger partial charge in [-0.25, -0.2) is 0 Å². The average molecular weight is 493 g/mol. The lowest BCUT2D eigenvalue weighted by Crippen LogP contribution is -2.42. The topological polar surface area (TPSA) is 61.4 Å². The van der Waals surface area contributed by atoms with Crippen LogP contribution in [0.5, 0.6) is 0 Å². The van der Waals surface area contributed by atoms with Crippen LogP contribution < -0.4 is 10.6 Å². The highest BCUT2D eigenvalue weighted by Gasteiger charge is 2.23. The zero-order valence-corrected chi connectivity index (χ0v) is 21.3. The van der Waals surface area contributed by atoms with Crippen LogP contribution >= 0.6 is 0 Å². The highest BCUT2D eigenvalue weighted by Crippen LogP contribution is 2.20. The van der Waals surface area contributed by atoms with E-state index in [4.69, 9.17) is 0 Å². The number of fused-ring (bicyclic) bond motifs is 2. The second kappa shape index (κ2) is 12.2. The minimum absolute atomic E-state index is 0.0175. The van der Waals surface area contributed by atoms with Gasteiger partial charge in [-0.2, -0.15) is 0 Å². The Morgan fingerprint density at radius 1 is 0.811 bits per heavy atom. The number of aliphatic hydroxyl groups is 1. The number of rotatable bonds is 9. The third-order valence-electron chi connectivity index (χ3n) is 7.47. The number of benzene rings is 4. The molecule has 1 amide bonds. The molecule has 5 rings (SSSR count). The molecule has 37 heavy (non-hydrogen) atoms. The summed E-state index contributed by atoms with van der Waals surface area (Å²) in [6.07, 6.45) is 7.40. The zero-order chi connectivity index (χ0) is 25.5. The van der Waals surface area contributed by atoms with Crippen LogP contribution in [0.2, 0.25) is 0 Å². The Balaban J connectivity index is 1.33. The second-order valence-electron chi connectivity index (χ2n) is 10.2. The third kappa shape index (κ3) is 6.65. The van der Waals surface area contributed by atoms with Crippen molar-refractivity contribution in [3.05, 3.63) is 108 Å². The highest BCUT2D eigenvalue weighted by molar-refractivity contribution is 5.84. The van der Waals surface area contributed by atoms with Crippen molar-refractivity contribution in [1.82, 2.24) is 10.6 Å². The van der Waals surface area contributed by atoms with Gasteiger partial charge in [0.15, 0.2) is 0 Å². The molecular weight excluding hydrogens is 456 g/mol. The minimum Gasteiger partial charge on any atom is -0.396 e. The van der Waals surface area contributed by atoms with E-state index in [2.05, 4.69) is 108 Å². The fourth-order valence-corrected chi connectivity index (χ4v) is 5.32. The van der Waals surface area contributed by atoms with Gasteiger partial charge in [-0.3, -0.25) is 4.79 Å². The molecule has 0 saturated carbocycles. The van der Waals surface area contributed by atoms with E-state index >= 15 is 0 Å². The molecule has 1 aliphatic heterocycles. The van der Waals surface area contributed by atoms with E-state index in [0.29, 0.717) is 6.42 Å². The molecule has 0 spiro atoms. The van der Waals surface area contributed by atoms with Crippen LogP contribution in [0.15, 0.2) is 97.1 Å². The molecule has 4 aromatic carbocycles. The number of carbonyl (C=O) groups excluding carboxylic acids is 1. The van der Waals surface area contributed by atoms with Gasteiger partial charge in [0.25, 0.3) is 0 Å². The molecular formula is C33H36N2O2. The van der Waals surface area contributed by atoms with E-state index < -0.39 is 0 Å². The molecule has 0 aromatic heterocycles. The Hall–Kier alpha value is -3.47. The van der Waals surface area contributed by atoms with Gasteiger partial charge in [-0.15, -0.1) is 0 Å². The van der Waals surface area contributed by atoms with Gasteiger partial charge in [0.05, 0.1) is 6.04 Å². The van der Waals surface area contributed by atoms with Crippen molar-refractivity contribution >= 4 is 27.5 Å². The Bertz CT molecular complexity index is 1370. The second-order valence-corrected chi connectivity index (χ2v) is 10.2. The Kier molecular flexibility index (Phi) is 8.29. The van der Waals surface area contributed by atoms with Crippen molar-refractivity contribution in [2.24, 2.45) is 11.8 Å². The number of aliphatic hydroxyl groups excluding tert-OH is 1. The summed E-state index contributed by atoms with van der Waals surface area (Å²) in [5, 5.41) is 21.7. The fourth-order valence-electron chi connectivity index (χ4n) is 5.32. The van der Waals surface area contributed by atoms with Gasteiger partial charge in [-0.1, -0.05) is 97.1 Å². The number of nitrogens with one attached hydrogen (secondary N) is 2. The van der Waals surface area contributed by atoms with Crippen molar-refractivity contribution in [1.29, 1.82) is 0 Å². The maximum absolute atomic E-state index is 13.1. The smallest absolute Gasteiger partial charge is 0.223 e. The molecule has 3 N–H and O–H groups in total. The number of carbonyl (C=O) groups is 1. The van der Waals surface area contributed by atoms with Crippen LogP contribution in [0.25, 0.3) is 21.5 Å². The molecule has 2 unspecified atom stereocenters. The van der Waals surface area contributed by atoms with Crippen LogP contribution in [0.1, 0.15) is 24.0 Å². The molecule has 2 atom stereocenters. The summed E-state index contributed by atoms with van der Waals surface area (Å²) in [4.78, 5) is 13.1. The number of hydrogen-bond donors (Lipinski definition) is 3. The van der Waals surface area contributed by atoms with Crippen LogP contribution in [-0.4, -0.2) is 36.8 Å². The zero-order valence-electron chi connectivity index (χ0n) is 21.3. The van der Waals surface area contributed by atoms with E-state index in [0.717, 1.165) is 32.4 Å². The molecule has 1 aliphatic rings. The number of piperidine rings is 1. The number of hydrogen-bond acceptors (Lipinski definition) is 3. The first-order valence-electron chi connectivity index (χ1n) is 13.4. The predicted octanol–water partition coefficient (Wildman–Crippen LogP) is 5.43. The lowest BCUT2D eigenvalue weighted by atomic mass is 9.94. The van der Waals surface area contributed by atoms with Gasteiger partial charge in [-0.05, 0) is 71.4 Å². The van der Waals surface area contributed by atoms with Crippen LogP contribution in [0, 0.1) is 11.8 Å². The first-order chi connectivity index (χ1) is 18.2. The van der Waals surface area contributed by atoms with Gasteiger partial charge in [0, 0.05) is 18.4 Å². The fraction of sp³-hybridized carbons (Fsp3) is 0.303. The van der Waals surface area contributed by atoms with Gasteiger partial charge < -0.3 is 15.7 Å². The minimum atomic E-state index is -0.130. The van der Waals surface area contributed by atoms with E-state index in [1.807, 2.05) is 0 Å². The quantitative estimate of drug-likeness (QED) is 0.273. The van der Waals surface area contributed by atoms with E-state index in [1.165, 1.54) is 32.7 Å². The Morgan fingerprint density at radius 2 is 1.38 bits per heavy atom. The van der Waals surface area contributed by atoms with Crippen LogP contribution in [-0.2, 0) is 17.6 Å². The van der Waals surface area contributed by atoms with Gasteiger partial charge in [0.1, 0.15) is 0 Å². The molecule has 1 heterocycles. The molecule has 4 heteroatoms. The van der Waals surface area contributed by atoms with E-state index in [1.54, 1.807) is 0 Å². The van der Waals surface area contributed by atoms with Crippen LogP contribution in [0.3, 0.4) is 0 Å². The molecule has 1 saturated heterocycles. The highest BCUT2D eigenvalue weighted by atomic mass is 16.3. The van der Waals surface area contributed by atoms with Crippen molar-refractivity contribution in [2.45, 2.75) is 31.7 Å². The molecule has 1 fully saturated rings. The standard InChI is InChI=1S/C33H36N2O2/c36-23-26(19-24-9-12-27-5-1-3-7-30(27)20-24)11-14-32(35-33(37)29-15-17-34-18-16-29)22-25-10-13-28-6-2-4-8-31(28)21-25/h1-14,20-21,26,29,32,34,36H,15-19,22-23H2,(H,35,37)/b14-11+. The summed E-state index contributed by atoms with van der Waals surface area (Å²) < 4.78 is 0. The van der Waals surface area contributed by atoms with Gasteiger partial charge >= 0.3 is 0 Å². The van der Waals surface area contributed by atoms with Crippen LogP contribution in [0.4, 0.5) is 0 Å². The lowest BCUT2D eigenvalue weighted by Gasteiger charge is -2.25. The third-order valence-corrected chi connectivity index (χ3v) is 7.47. The molecule has 0 bridgehead atoms. The van der Waals surface area contributed by atoms with Crippen molar-refractivity contribution in [2.75, 3.05) is 19.7 Å². The molecule has 4 aromatic rings. The summed E-state index contributed by atoms with van der Waals surface area (Å²) in [6, 6.07) is 29.6. The first-order valence-corrected chi connectivity index (χ1v) is 13.4. The summed E-state index contributed by atoms with van der Waals surface area (Å²) >= 11 is 0. The predicted molar refractivity (Wildman–Crippen MR) is 153 cm³/mol. The summed E-state index contributed by atoms with van der Waals surface area (Å²) in [5.41, 5.74) is 2.39. The Labute approximate surface area is 219 Å². The monoisotopic (exact) mass is 492 g/mol. The molecule has 4 nitrogen and oxygen atoms in total.